The number of aliphatic carboxylic acids is 1. The second-order valence-corrected chi connectivity index (χ2v) is 14.8. The molecule has 11 N–H and O–H groups in total. The van der Waals surface area contributed by atoms with E-state index in [0.29, 0.717) is 34.6 Å². The van der Waals surface area contributed by atoms with E-state index in [-0.39, 0.29) is 50.8 Å². The number of likely N-dealkylation sites (tertiary alicyclic amines) is 1. The lowest BCUT2D eigenvalue weighted by molar-refractivity contribution is -0.145. The lowest BCUT2D eigenvalue weighted by atomic mass is 10.0. The fourth-order valence-electron chi connectivity index (χ4n) is 7.09. The number of carbonyl (C=O) groups excluding carboxylic acids is 5. The number of imidazole rings is 3. The molecule has 0 radical (unpaired) electrons. The van der Waals surface area contributed by atoms with Gasteiger partial charge in [0, 0.05) is 74.3 Å². The molecule has 1 saturated heterocycles. The van der Waals surface area contributed by atoms with Crippen LogP contribution in [0.1, 0.15) is 41.1 Å². The number of aromatic amines is 3. The monoisotopic (exact) mass is 836 g/mol. The van der Waals surface area contributed by atoms with Crippen LogP contribution in [0.2, 0.25) is 0 Å². The number of aromatic nitrogens is 6. The number of aromatic hydroxyl groups is 1. The van der Waals surface area contributed by atoms with Crippen molar-refractivity contribution in [1.29, 1.82) is 0 Å². The van der Waals surface area contributed by atoms with E-state index < -0.39 is 71.8 Å². The molecular formula is C41H48N12O8. The maximum Gasteiger partial charge on any atom is 0.326 e. The van der Waals surface area contributed by atoms with Crippen molar-refractivity contribution in [2.24, 2.45) is 5.73 Å². The Hall–Kier alpha value is -7.35. The van der Waals surface area contributed by atoms with Crippen molar-refractivity contribution in [3.8, 4) is 5.75 Å². The predicted molar refractivity (Wildman–Crippen MR) is 217 cm³/mol. The fraction of sp³-hybridized carbons (Fsp3) is 0.341. The van der Waals surface area contributed by atoms with Gasteiger partial charge in [0.15, 0.2) is 0 Å². The average Bonchev–Trinajstić information content (AvgIpc) is 4.10. The van der Waals surface area contributed by atoms with Gasteiger partial charge >= 0.3 is 5.97 Å². The Labute approximate surface area is 349 Å². The summed E-state index contributed by atoms with van der Waals surface area (Å²) in [6, 6.07) is 7.70. The molecule has 61 heavy (non-hydrogen) atoms. The van der Waals surface area contributed by atoms with Gasteiger partial charge in [-0.3, -0.25) is 24.0 Å². The summed E-state index contributed by atoms with van der Waals surface area (Å²) in [5.41, 5.74) is 9.05. The van der Waals surface area contributed by atoms with Gasteiger partial charge in [-0.2, -0.15) is 0 Å². The van der Waals surface area contributed by atoms with Crippen LogP contribution in [0.5, 0.6) is 5.75 Å². The first kappa shape index (κ1) is 43.2. The van der Waals surface area contributed by atoms with E-state index in [4.69, 9.17) is 5.73 Å². The Bertz CT molecular complexity index is 2220. The zero-order chi connectivity index (χ0) is 43.3. The molecule has 0 bridgehead atoms. The van der Waals surface area contributed by atoms with E-state index in [9.17, 15) is 39.0 Å². The van der Waals surface area contributed by atoms with Crippen molar-refractivity contribution in [3.63, 3.8) is 0 Å². The van der Waals surface area contributed by atoms with Crippen LogP contribution >= 0.6 is 0 Å². The zero-order valence-corrected chi connectivity index (χ0v) is 33.0. The van der Waals surface area contributed by atoms with Crippen LogP contribution in [-0.4, -0.2) is 123 Å². The molecule has 320 valence electrons. The smallest absolute Gasteiger partial charge is 0.326 e. The van der Waals surface area contributed by atoms with Crippen LogP contribution in [0.25, 0.3) is 0 Å². The van der Waals surface area contributed by atoms with Crippen molar-refractivity contribution >= 4 is 35.5 Å². The van der Waals surface area contributed by atoms with E-state index in [2.05, 4.69) is 51.2 Å². The van der Waals surface area contributed by atoms with Gasteiger partial charge in [0.2, 0.25) is 29.5 Å². The van der Waals surface area contributed by atoms with Crippen molar-refractivity contribution < 1.29 is 39.0 Å². The highest BCUT2D eigenvalue weighted by Crippen LogP contribution is 2.21. The highest BCUT2D eigenvalue weighted by molar-refractivity contribution is 5.97. The van der Waals surface area contributed by atoms with Gasteiger partial charge in [-0.05, 0) is 36.1 Å². The molecule has 4 heterocycles. The molecule has 1 aliphatic rings. The summed E-state index contributed by atoms with van der Waals surface area (Å²) in [4.78, 5) is 104. The van der Waals surface area contributed by atoms with Crippen LogP contribution in [0.3, 0.4) is 0 Å². The summed E-state index contributed by atoms with van der Waals surface area (Å²) in [6.07, 6.45) is 9.37. The first-order valence-corrected chi connectivity index (χ1v) is 19.7. The van der Waals surface area contributed by atoms with Gasteiger partial charge in [-0.15, -0.1) is 0 Å². The van der Waals surface area contributed by atoms with Crippen molar-refractivity contribution in [1.82, 2.24) is 56.1 Å². The van der Waals surface area contributed by atoms with E-state index in [0.717, 1.165) is 0 Å². The van der Waals surface area contributed by atoms with Gasteiger partial charge in [0.25, 0.3) is 0 Å². The normalized spacial score (nSPS) is 16.1. The molecule has 5 amide bonds. The third-order valence-electron chi connectivity index (χ3n) is 10.3. The molecule has 1 aliphatic heterocycles. The first-order chi connectivity index (χ1) is 29.4. The fourth-order valence-corrected chi connectivity index (χ4v) is 7.09. The molecule has 3 aromatic heterocycles. The summed E-state index contributed by atoms with van der Waals surface area (Å²) in [5, 5.41) is 30.6. The van der Waals surface area contributed by atoms with E-state index >= 15 is 0 Å². The number of hydrogen-bond donors (Lipinski definition) is 10. The lowest BCUT2D eigenvalue weighted by Crippen LogP contribution is -2.60. The number of nitrogens with one attached hydrogen (secondary N) is 7. The molecule has 20 nitrogen and oxygen atoms in total. The molecule has 1 fully saturated rings. The topological polar surface area (TPSA) is 306 Å². The summed E-state index contributed by atoms with van der Waals surface area (Å²) < 4.78 is 0. The summed E-state index contributed by atoms with van der Waals surface area (Å²) >= 11 is 0. The molecule has 6 rings (SSSR count). The van der Waals surface area contributed by atoms with Crippen LogP contribution in [0.4, 0.5) is 0 Å². The number of H-pyrrole nitrogens is 3. The minimum Gasteiger partial charge on any atom is -0.508 e. The number of hydrogen-bond acceptors (Lipinski definition) is 11. The Morgan fingerprint density at radius 2 is 1.16 bits per heavy atom. The quantitative estimate of drug-likeness (QED) is 0.0471. The number of rotatable bonds is 20. The molecular weight excluding hydrogens is 789 g/mol. The number of phenols is 1. The third kappa shape index (κ3) is 12.1. The Balaban J connectivity index is 1.21. The van der Waals surface area contributed by atoms with Crippen molar-refractivity contribution in [3.05, 3.63) is 120 Å². The minimum absolute atomic E-state index is 0.000663. The van der Waals surface area contributed by atoms with Gasteiger partial charge in [0.1, 0.15) is 36.0 Å². The van der Waals surface area contributed by atoms with Crippen molar-refractivity contribution in [2.75, 3.05) is 6.54 Å². The summed E-state index contributed by atoms with van der Waals surface area (Å²) in [6.45, 7) is 0.165. The standard InChI is InChI=1S/C41H48N12O8/c42-30(15-26-18-43-21-46-26)36(55)49-31(13-25-8-10-29(54)11-9-25)37(56)50-32(16-27-19-44-22-47-27)38(57)51-33(17-28-20-45-23-48-28)40(59)53-12-4-7-35(53)39(58)52-34(41(60)61)14-24-5-2-1-3-6-24/h1-3,5-6,8-11,18-23,30-35,54H,4,7,12-17,42H2,(H,43,46)(H,44,47)(H,45,48)(H,49,55)(H,50,56)(H,51,57)(H,52,58)(H,60,61)/t30-,31-,32-,33-,34-,35-/m0/s1. The highest BCUT2D eigenvalue weighted by Gasteiger charge is 2.40. The lowest BCUT2D eigenvalue weighted by Gasteiger charge is -2.30. The van der Waals surface area contributed by atoms with Gasteiger partial charge < -0.3 is 57.1 Å². The number of benzene rings is 2. The molecule has 0 aliphatic carbocycles. The largest absolute Gasteiger partial charge is 0.508 e. The SMILES string of the molecule is N[C@@H](Cc1cnc[nH]1)C(=O)N[C@@H](Cc1ccc(O)cc1)C(=O)N[C@@H](Cc1cnc[nH]1)C(=O)N[C@@H](Cc1cnc[nH]1)C(=O)N1CCC[C@H]1C(=O)N[C@@H](Cc1ccccc1)C(=O)O. The molecule has 20 heteroatoms. The van der Waals surface area contributed by atoms with Crippen LogP contribution in [0, 0.1) is 0 Å². The maximum atomic E-state index is 14.4. The molecule has 2 aromatic carbocycles. The number of phenolic OH excluding ortho intramolecular Hbond substituents is 1. The number of nitrogens with two attached hydrogens (primary N) is 1. The second kappa shape index (κ2) is 20.6. The van der Waals surface area contributed by atoms with Gasteiger partial charge in [-0.25, -0.2) is 19.7 Å². The number of carbonyl (C=O) groups is 6. The van der Waals surface area contributed by atoms with Crippen LogP contribution in [0.15, 0.2) is 92.2 Å². The number of amides is 5. The summed E-state index contributed by atoms with van der Waals surface area (Å²) in [7, 11) is 0. The van der Waals surface area contributed by atoms with Gasteiger partial charge in [0.05, 0.1) is 25.0 Å². The number of carboxylic acid groups (broad SMARTS) is 1. The maximum absolute atomic E-state index is 14.4. The Morgan fingerprint density at radius 3 is 1.74 bits per heavy atom. The Kier molecular flexibility index (Phi) is 14.6. The van der Waals surface area contributed by atoms with Crippen LogP contribution in [-0.2, 0) is 60.9 Å². The van der Waals surface area contributed by atoms with Gasteiger partial charge in [-0.1, -0.05) is 42.5 Å². The molecule has 0 spiro atoms. The molecule has 0 saturated carbocycles. The second-order valence-electron chi connectivity index (χ2n) is 14.8. The van der Waals surface area contributed by atoms with E-state index in [1.807, 2.05) is 0 Å². The van der Waals surface area contributed by atoms with Crippen molar-refractivity contribution in [2.45, 2.75) is 81.2 Å². The Morgan fingerprint density at radius 1 is 0.656 bits per heavy atom. The highest BCUT2D eigenvalue weighted by atomic mass is 16.4. The average molecular weight is 837 g/mol. The zero-order valence-electron chi connectivity index (χ0n) is 33.0. The molecule has 6 atom stereocenters. The third-order valence-corrected chi connectivity index (χ3v) is 10.3. The van der Waals surface area contributed by atoms with E-state index in [1.54, 1.807) is 42.5 Å². The minimum atomic E-state index is -1.32. The molecule has 5 aromatic rings. The van der Waals surface area contributed by atoms with Crippen LogP contribution < -0.4 is 27.0 Å². The van der Waals surface area contributed by atoms with E-state index in [1.165, 1.54) is 54.6 Å². The number of nitrogens with zero attached hydrogens (tertiary/aromatic N) is 4. The molecule has 0 unspecified atom stereocenters. The number of carboxylic acids is 1. The summed E-state index contributed by atoms with van der Waals surface area (Å²) in [5.74, 6) is -4.63. The predicted octanol–water partition coefficient (Wildman–Crippen LogP) is -0.583. The first-order valence-electron chi connectivity index (χ1n) is 19.7.